The van der Waals surface area contributed by atoms with Crippen molar-refractivity contribution in [3.8, 4) is 11.4 Å². The minimum absolute atomic E-state index is 0.131. The first-order valence-corrected chi connectivity index (χ1v) is 8.15. The van der Waals surface area contributed by atoms with Crippen LogP contribution in [0.1, 0.15) is 11.3 Å². The summed E-state index contributed by atoms with van der Waals surface area (Å²) in [5, 5.41) is 0. The van der Waals surface area contributed by atoms with Gasteiger partial charge in [-0.1, -0.05) is 18.2 Å². The van der Waals surface area contributed by atoms with E-state index in [9.17, 15) is 9.18 Å². The van der Waals surface area contributed by atoms with E-state index in [1.165, 1.54) is 18.2 Å². The van der Waals surface area contributed by atoms with Crippen molar-refractivity contribution in [2.45, 2.75) is 13.5 Å². The van der Waals surface area contributed by atoms with Crippen LogP contribution in [0.4, 0.5) is 4.39 Å². The van der Waals surface area contributed by atoms with Crippen molar-refractivity contribution in [3.05, 3.63) is 94.5 Å². The van der Waals surface area contributed by atoms with Crippen molar-refractivity contribution >= 4 is 5.65 Å². The second-order valence-corrected chi connectivity index (χ2v) is 6.00. The molecule has 4 aromatic rings. The van der Waals surface area contributed by atoms with E-state index in [1.807, 2.05) is 23.7 Å². The maximum absolute atomic E-state index is 13.1. The summed E-state index contributed by atoms with van der Waals surface area (Å²) in [5.74, 6) is 0.265. The normalized spacial score (nSPS) is 11.0. The Hall–Kier alpha value is -3.41. The molecule has 0 saturated carbocycles. The summed E-state index contributed by atoms with van der Waals surface area (Å²) in [6.45, 7) is 2.17. The highest BCUT2D eigenvalue weighted by Gasteiger charge is 2.11. The number of rotatable bonds is 4. The van der Waals surface area contributed by atoms with Crippen LogP contribution in [-0.2, 0) is 6.61 Å². The number of nitrogens with zero attached hydrogens (tertiary/aromatic N) is 3. The van der Waals surface area contributed by atoms with Crippen LogP contribution in [0.15, 0.2) is 71.9 Å². The average molecular weight is 349 g/mol. The van der Waals surface area contributed by atoms with Crippen LogP contribution in [0.5, 0.6) is 5.75 Å². The van der Waals surface area contributed by atoms with Crippen molar-refractivity contribution in [1.29, 1.82) is 0 Å². The summed E-state index contributed by atoms with van der Waals surface area (Å²) in [4.78, 5) is 16.6. The Balaban J connectivity index is 1.76. The number of aromatic nitrogens is 3. The Morgan fingerprint density at radius 1 is 1.12 bits per heavy atom. The fourth-order valence-corrected chi connectivity index (χ4v) is 2.80. The SMILES string of the molecule is Cc1cn2cc(-n3ccccc3=O)cc(OCc3ccc(F)cc3)c2n1. The predicted molar refractivity (Wildman–Crippen MR) is 96.3 cm³/mol. The first kappa shape index (κ1) is 16.1. The quantitative estimate of drug-likeness (QED) is 0.566. The molecular formula is C20H16FN3O2. The number of benzene rings is 1. The lowest BCUT2D eigenvalue weighted by atomic mass is 10.2. The Labute approximate surface area is 148 Å². The van der Waals surface area contributed by atoms with Gasteiger partial charge < -0.3 is 9.14 Å². The molecule has 0 unspecified atom stereocenters. The molecule has 1 aromatic carbocycles. The maximum atomic E-state index is 13.1. The Bertz CT molecular complexity index is 1130. The molecule has 6 heteroatoms. The van der Waals surface area contributed by atoms with Crippen LogP contribution in [0.25, 0.3) is 11.3 Å². The molecule has 4 rings (SSSR count). The van der Waals surface area contributed by atoms with Crippen LogP contribution >= 0.6 is 0 Å². The fraction of sp³-hybridized carbons (Fsp3) is 0.100. The zero-order valence-corrected chi connectivity index (χ0v) is 14.1. The van der Waals surface area contributed by atoms with Gasteiger partial charge in [-0.3, -0.25) is 9.36 Å². The van der Waals surface area contributed by atoms with E-state index in [1.54, 1.807) is 41.1 Å². The molecule has 0 aliphatic carbocycles. The topological polar surface area (TPSA) is 48.5 Å². The van der Waals surface area contributed by atoms with Gasteiger partial charge in [0.15, 0.2) is 11.4 Å². The molecule has 3 aromatic heterocycles. The molecular weight excluding hydrogens is 333 g/mol. The van der Waals surface area contributed by atoms with Crippen molar-refractivity contribution in [2.24, 2.45) is 0 Å². The third-order valence-corrected chi connectivity index (χ3v) is 4.03. The number of hydrogen-bond donors (Lipinski definition) is 0. The minimum atomic E-state index is -0.287. The third kappa shape index (κ3) is 3.09. The molecule has 0 atom stereocenters. The van der Waals surface area contributed by atoms with Gasteiger partial charge in [0.2, 0.25) is 0 Å². The van der Waals surface area contributed by atoms with Gasteiger partial charge in [-0.05, 0) is 30.7 Å². The van der Waals surface area contributed by atoms with E-state index < -0.39 is 0 Å². The van der Waals surface area contributed by atoms with E-state index >= 15 is 0 Å². The van der Waals surface area contributed by atoms with Gasteiger partial charge in [-0.25, -0.2) is 9.37 Å². The molecule has 130 valence electrons. The summed E-state index contributed by atoms with van der Waals surface area (Å²) in [7, 11) is 0. The summed E-state index contributed by atoms with van der Waals surface area (Å²) >= 11 is 0. The zero-order valence-electron chi connectivity index (χ0n) is 14.1. The number of hydrogen-bond acceptors (Lipinski definition) is 3. The molecule has 0 spiro atoms. The first-order chi connectivity index (χ1) is 12.6. The number of fused-ring (bicyclic) bond motifs is 1. The van der Waals surface area contributed by atoms with Gasteiger partial charge in [0.1, 0.15) is 12.4 Å². The van der Waals surface area contributed by atoms with E-state index in [-0.39, 0.29) is 18.0 Å². The van der Waals surface area contributed by atoms with Crippen molar-refractivity contribution in [3.63, 3.8) is 0 Å². The highest BCUT2D eigenvalue weighted by atomic mass is 19.1. The number of ether oxygens (including phenoxy) is 1. The van der Waals surface area contributed by atoms with E-state index in [0.29, 0.717) is 17.1 Å². The van der Waals surface area contributed by atoms with Gasteiger partial charge in [-0.2, -0.15) is 0 Å². The molecule has 0 aliphatic heterocycles. The summed E-state index contributed by atoms with van der Waals surface area (Å²) in [6.07, 6.45) is 5.41. The van der Waals surface area contributed by atoms with Crippen LogP contribution in [-0.4, -0.2) is 14.0 Å². The molecule has 0 amide bonds. The van der Waals surface area contributed by atoms with Gasteiger partial charge in [-0.15, -0.1) is 0 Å². The summed E-state index contributed by atoms with van der Waals surface area (Å²) in [6, 6.07) is 12.9. The lowest BCUT2D eigenvalue weighted by Gasteiger charge is -2.11. The summed E-state index contributed by atoms with van der Waals surface area (Å²) < 4.78 is 22.4. The second-order valence-electron chi connectivity index (χ2n) is 6.00. The Morgan fingerprint density at radius 3 is 2.69 bits per heavy atom. The smallest absolute Gasteiger partial charge is 0.255 e. The highest BCUT2D eigenvalue weighted by molar-refractivity contribution is 5.58. The Morgan fingerprint density at radius 2 is 1.92 bits per heavy atom. The first-order valence-electron chi connectivity index (χ1n) is 8.15. The van der Waals surface area contributed by atoms with Crippen molar-refractivity contribution in [2.75, 3.05) is 0 Å². The van der Waals surface area contributed by atoms with E-state index in [4.69, 9.17) is 4.74 Å². The van der Waals surface area contributed by atoms with Gasteiger partial charge in [0.25, 0.3) is 5.56 Å². The predicted octanol–water partition coefficient (Wildman–Crippen LogP) is 3.51. The monoisotopic (exact) mass is 349 g/mol. The minimum Gasteiger partial charge on any atom is -0.485 e. The molecule has 3 heterocycles. The lowest BCUT2D eigenvalue weighted by molar-refractivity contribution is 0.308. The number of pyridine rings is 2. The largest absolute Gasteiger partial charge is 0.485 e. The molecule has 0 bridgehead atoms. The maximum Gasteiger partial charge on any atom is 0.255 e. The number of halogens is 1. The standard InChI is InChI=1S/C20H16FN3O2/c1-14-11-23-12-17(24-9-3-2-4-19(24)25)10-18(20(23)22-14)26-13-15-5-7-16(21)8-6-15/h2-12H,13H2,1H3. The van der Waals surface area contributed by atoms with Gasteiger partial charge in [0.05, 0.1) is 11.4 Å². The molecule has 0 saturated heterocycles. The lowest BCUT2D eigenvalue weighted by Crippen LogP contribution is -2.16. The van der Waals surface area contributed by atoms with E-state index in [2.05, 4.69) is 4.98 Å². The average Bonchev–Trinajstić information content (AvgIpc) is 3.01. The van der Waals surface area contributed by atoms with Crippen LogP contribution < -0.4 is 10.3 Å². The number of aryl methyl sites for hydroxylation is 1. The molecule has 0 N–H and O–H groups in total. The van der Waals surface area contributed by atoms with Crippen molar-refractivity contribution in [1.82, 2.24) is 14.0 Å². The molecule has 0 aliphatic rings. The third-order valence-electron chi connectivity index (χ3n) is 4.03. The Kier molecular flexibility index (Phi) is 4.01. The molecule has 0 radical (unpaired) electrons. The summed E-state index contributed by atoms with van der Waals surface area (Å²) in [5.41, 5.74) is 2.89. The van der Waals surface area contributed by atoms with Crippen LogP contribution in [0.2, 0.25) is 0 Å². The van der Waals surface area contributed by atoms with Gasteiger partial charge in [0, 0.05) is 30.7 Å². The van der Waals surface area contributed by atoms with Crippen LogP contribution in [0, 0.1) is 12.7 Å². The van der Waals surface area contributed by atoms with Crippen LogP contribution in [0.3, 0.4) is 0 Å². The fourth-order valence-electron chi connectivity index (χ4n) is 2.80. The van der Waals surface area contributed by atoms with Crippen molar-refractivity contribution < 1.29 is 9.13 Å². The van der Waals surface area contributed by atoms with E-state index in [0.717, 1.165) is 11.3 Å². The highest BCUT2D eigenvalue weighted by Crippen LogP contribution is 2.24. The second kappa shape index (κ2) is 6.48. The molecule has 26 heavy (non-hydrogen) atoms. The molecule has 0 fully saturated rings. The number of imidazole rings is 1. The van der Waals surface area contributed by atoms with Gasteiger partial charge >= 0.3 is 0 Å². The molecule has 5 nitrogen and oxygen atoms in total. The zero-order chi connectivity index (χ0) is 18.1.